The molecule has 1 heterocycles. The molecule has 0 saturated carbocycles. The Kier molecular flexibility index (Phi) is 4.97. The molecular weight excluding hydrogens is 318 g/mol. The van der Waals surface area contributed by atoms with Crippen molar-refractivity contribution >= 4 is 24.7 Å². The molecule has 0 saturated heterocycles. The normalized spacial score (nSPS) is 14.2. The summed E-state index contributed by atoms with van der Waals surface area (Å²) in [6.07, 6.45) is 0. The second kappa shape index (κ2) is 7.00. The van der Waals surface area contributed by atoms with Crippen molar-refractivity contribution in [2.75, 3.05) is 13.2 Å². The van der Waals surface area contributed by atoms with E-state index in [4.69, 9.17) is 23.8 Å². The molecule has 1 aliphatic rings. The third-order valence-corrected chi connectivity index (χ3v) is 4.49. The van der Waals surface area contributed by atoms with Gasteiger partial charge in [-0.15, -0.1) is 0 Å². The van der Waals surface area contributed by atoms with E-state index in [1.165, 1.54) is 0 Å². The minimum absolute atomic E-state index is 0.333. The number of nitrogens with one attached hydrogen (secondary N) is 2. The van der Waals surface area contributed by atoms with Gasteiger partial charge in [0, 0.05) is 0 Å². The van der Waals surface area contributed by atoms with Crippen LogP contribution in [0, 0.1) is 0 Å². The second-order valence-electron chi connectivity index (χ2n) is 6.49. The van der Waals surface area contributed by atoms with Crippen molar-refractivity contribution in [3.63, 3.8) is 0 Å². The Hall–Kier alpha value is -1.78. The first kappa shape index (κ1) is 17.1. The van der Waals surface area contributed by atoms with E-state index in [-0.39, 0.29) is 5.54 Å². The molecule has 1 aliphatic heterocycles. The molecule has 0 aromatic heterocycles. The minimum atomic E-state index is -0.333. The number of benzene rings is 2. The van der Waals surface area contributed by atoms with Crippen molar-refractivity contribution in [2.24, 2.45) is 0 Å². The molecule has 0 unspecified atom stereocenters. The van der Waals surface area contributed by atoms with Gasteiger partial charge >= 0.3 is 149 Å². The molecule has 24 heavy (non-hydrogen) atoms. The fraction of sp³-hybridized carbons (Fsp3) is 0.316. The SMILES string of the molecule is [B]=C(NC(C)(C)c1ccc(Cl)cc1)c1cccc2c1OCCNC2. The second-order valence-corrected chi connectivity index (χ2v) is 6.93. The summed E-state index contributed by atoms with van der Waals surface area (Å²) in [7, 11) is 6.40. The van der Waals surface area contributed by atoms with Crippen LogP contribution >= 0.6 is 11.6 Å². The molecule has 0 aliphatic carbocycles. The van der Waals surface area contributed by atoms with Gasteiger partial charge in [0.1, 0.15) is 0 Å². The van der Waals surface area contributed by atoms with E-state index in [0.717, 1.165) is 40.6 Å². The van der Waals surface area contributed by atoms with Gasteiger partial charge in [0.15, 0.2) is 0 Å². The standard InChI is InChI=1S/C19H21BClN2O/c1-19(2,14-6-8-15(21)9-7-14)23-18(20)16-5-3-4-13-12-22-10-11-24-17(13)16/h3-9,22-23H,10-12H2,1-2H3. The Balaban J connectivity index is 1.86. The van der Waals surface area contributed by atoms with E-state index in [9.17, 15) is 0 Å². The Bertz CT molecular complexity index is 744. The average molecular weight is 340 g/mol. The number of rotatable bonds is 4. The molecule has 0 spiro atoms. The van der Waals surface area contributed by atoms with Crippen molar-refractivity contribution in [3.8, 4) is 5.75 Å². The monoisotopic (exact) mass is 339 g/mol. The van der Waals surface area contributed by atoms with Crippen LogP contribution in [0.2, 0.25) is 5.02 Å². The third-order valence-electron chi connectivity index (χ3n) is 4.24. The Morgan fingerprint density at radius 1 is 1.21 bits per heavy atom. The zero-order valence-electron chi connectivity index (χ0n) is 14.0. The van der Waals surface area contributed by atoms with E-state index in [0.29, 0.717) is 12.2 Å². The molecule has 0 amide bonds. The average Bonchev–Trinajstić information content (AvgIpc) is 2.80. The van der Waals surface area contributed by atoms with Gasteiger partial charge in [-0.2, -0.15) is 0 Å². The molecular formula is C19H21BClN2O. The Labute approximate surface area is 149 Å². The van der Waals surface area contributed by atoms with E-state index in [1.807, 2.05) is 36.4 Å². The van der Waals surface area contributed by atoms with Gasteiger partial charge in [-0.25, -0.2) is 0 Å². The van der Waals surface area contributed by atoms with Crippen LogP contribution in [-0.4, -0.2) is 26.2 Å². The molecule has 2 aromatic carbocycles. The number of hydrogen-bond acceptors (Lipinski definition) is 3. The van der Waals surface area contributed by atoms with Crippen LogP contribution in [-0.2, 0) is 12.1 Å². The Morgan fingerprint density at radius 3 is 2.71 bits per heavy atom. The Morgan fingerprint density at radius 2 is 1.96 bits per heavy atom. The fourth-order valence-electron chi connectivity index (χ4n) is 2.90. The quantitative estimate of drug-likeness (QED) is 0.840. The van der Waals surface area contributed by atoms with Crippen molar-refractivity contribution in [3.05, 3.63) is 64.2 Å². The molecule has 123 valence electrons. The maximum absolute atomic E-state index is 6.40. The van der Waals surface area contributed by atoms with E-state index in [1.54, 1.807) is 0 Å². The molecule has 0 fully saturated rings. The van der Waals surface area contributed by atoms with Crippen LogP contribution in [0.3, 0.4) is 0 Å². The van der Waals surface area contributed by atoms with Crippen LogP contribution in [0.1, 0.15) is 30.5 Å². The van der Waals surface area contributed by atoms with Gasteiger partial charge in [0.25, 0.3) is 0 Å². The summed E-state index contributed by atoms with van der Waals surface area (Å²) in [5.41, 5.74) is 3.41. The first-order chi connectivity index (χ1) is 11.5. The van der Waals surface area contributed by atoms with Crippen LogP contribution in [0.15, 0.2) is 42.5 Å². The maximum atomic E-state index is 6.40. The van der Waals surface area contributed by atoms with E-state index in [2.05, 4.69) is 30.5 Å². The topological polar surface area (TPSA) is 33.3 Å². The van der Waals surface area contributed by atoms with Crippen molar-refractivity contribution in [2.45, 2.75) is 25.9 Å². The van der Waals surface area contributed by atoms with Gasteiger partial charge in [-0.1, -0.05) is 0 Å². The van der Waals surface area contributed by atoms with Crippen LogP contribution in [0.4, 0.5) is 0 Å². The van der Waals surface area contributed by atoms with E-state index < -0.39 is 0 Å². The summed E-state index contributed by atoms with van der Waals surface area (Å²) in [5, 5.41) is 7.49. The number of para-hydroxylation sites is 1. The number of hydrogen-bond donors (Lipinski definition) is 2. The summed E-state index contributed by atoms with van der Waals surface area (Å²) in [5.74, 6) is 0.861. The molecule has 5 heteroatoms. The van der Waals surface area contributed by atoms with Gasteiger partial charge in [0.2, 0.25) is 0 Å². The first-order valence-electron chi connectivity index (χ1n) is 8.10. The zero-order chi connectivity index (χ0) is 17.2. The number of halogens is 1. The summed E-state index contributed by atoms with van der Waals surface area (Å²) in [4.78, 5) is 0. The number of ether oxygens (including phenoxy) is 1. The molecule has 2 aromatic rings. The van der Waals surface area contributed by atoms with Crippen LogP contribution in [0.5, 0.6) is 5.75 Å². The summed E-state index contributed by atoms with van der Waals surface area (Å²) in [6.45, 7) is 6.44. The molecule has 3 rings (SSSR count). The van der Waals surface area contributed by atoms with Crippen LogP contribution < -0.4 is 15.4 Å². The molecule has 0 bridgehead atoms. The molecule has 2 N–H and O–H groups in total. The summed E-state index contributed by atoms with van der Waals surface area (Å²) < 4.78 is 5.92. The molecule has 1 radical (unpaired) electrons. The number of fused-ring (bicyclic) bond motifs is 1. The van der Waals surface area contributed by atoms with Crippen molar-refractivity contribution in [1.82, 2.24) is 10.6 Å². The summed E-state index contributed by atoms with van der Waals surface area (Å²) in [6, 6.07) is 13.9. The van der Waals surface area contributed by atoms with Crippen LogP contribution in [0.25, 0.3) is 0 Å². The zero-order valence-corrected chi connectivity index (χ0v) is 14.8. The predicted molar refractivity (Wildman–Crippen MR) is 101 cm³/mol. The fourth-order valence-corrected chi connectivity index (χ4v) is 3.02. The van der Waals surface area contributed by atoms with Crippen molar-refractivity contribution in [1.29, 1.82) is 0 Å². The molecule has 0 atom stereocenters. The van der Waals surface area contributed by atoms with Crippen molar-refractivity contribution < 1.29 is 4.74 Å². The predicted octanol–water partition coefficient (Wildman–Crippen LogP) is 2.99. The van der Waals surface area contributed by atoms with Gasteiger partial charge in [0.05, 0.1) is 0 Å². The van der Waals surface area contributed by atoms with Gasteiger partial charge < -0.3 is 0 Å². The first-order valence-corrected chi connectivity index (χ1v) is 8.47. The third kappa shape index (κ3) is 3.65. The molecule has 3 nitrogen and oxygen atoms in total. The van der Waals surface area contributed by atoms with Gasteiger partial charge in [-0.3, -0.25) is 0 Å². The van der Waals surface area contributed by atoms with Gasteiger partial charge in [-0.05, 0) is 0 Å². The van der Waals surface area contributed by atoms with E-state index >= 15 is 0 Å². The summed E-state index contributed by atoms with van der Waals surface area (Å²) >= 11 is 5.99.